The zero-order chi connectivity index (χ0) is 18.1. The van der Waals surface area contributed by atoms with E-state index in [2.05, 4.69) is 15.3 Å². The molecule has 0 aromatic carbocycles. The van der Waals surface area contributed by atoms with Crippen LogP contribution in [0.15, 0.2) is 15.7 Å². The van der Waals surface area contributed by atoms with E-state index in [9.17, 15) is 14.4 Å². The van der Waals surface area contributed by atoms with Crippen LogP contribution in [-0.2, 0) is 33.4 Å². The van der Waals surface area contributed by atoms with Crippen molar-refractivity contribution in [3.8, 4) is 0 Å². The van der Waals surface area contributed by atoms with E-state index in [-0.39, 0.29) is 5.69 Å². The van der Waals surface area contributed by atoms with Gasteiger partial charge in [0.25, 0.3) is 11.5 Å². The van der Waals surface area contributed by atoms with E-state index in [1.165, 1.54) is 19.7 Å². The summed E-state index contributed by atoms with van der Waals surface area (Å²) in [5, 5.41) is 2.72. The molecule has 2 aromatic heterocycles. The SMILES string of the molecule is Cc1nc(CCNC(=O)c2cc(=O)n(C)c(=O)n2C)nc2c1CCC2. The number of fused-ring (bicyclic) bond motifs is 1. The van der Waals surface area contributed by atoms with Gasteiger partial charge in [-0.05, 0) is 31.7 Å². The fourth-order valence-corrected chi connectivity index (χ4v) is 3.12. The van der Waals surface area contributed by atoms with Crippen molar-refractivity contribution in [1.82, 2.24) is 24.4 Å². The first-order valence-electron chi connectivity index (χ1n) is 8.29. The minimum absolute atomic E-state index is 0.0409. The second-order valence-electron chi connectivity index (χ2n) is 6.28. The molecule has 1 N–H and O–H groups in total. The third-order valence-corrected chi connectivity index (χ3v) is 4.58. The van der Waals surface area contributed by atoms with Gasteiger partial charge in [-0.1, -0.05) is 0 Å². The molecule has 132 valence electrons. The Bertz CT molecular complexity index is 958. The number of rotatable bonds is 4. The second-order valence-corrected chi connectivity index (χ2v) is 6.28. The first-order valence-corrected chi connectivity index (χ1v) is 8.29. The van der Waals surface area contributed by atoms with Crippen molar-refractivity contribution in [3.63, 3.8) is 0 Å². The van der Waals surface area contributed by atoms with E-state index in [0.29, 0.717) is 18.8 Å². The summed E-state index contributed by atoms with van der Waals surface area (Å²) >= 11 is 0. The molecular weight excluding hydrogens is 322 g/mol. The van der Waals surface area contributed by atoms with E-state index < -0.39 is 17.2 Å². The Balaban J connectivity index is 1.69. The maximum Gasteiger partial charge on any atom is 0.331 e. The number of aryl methyl sites for hydroxylation is 2. The van der Waals surface area contributed by atoms with Gasteiger partial charge in [0, 0.05) is 44.5 Å². The summed E-state index contributed by atoms with van der Waals surface area (Å²) in [7, 11) is 2.84. The molecule has 3 rings (SSSR count). The molecule has 0 saturated carbocycles. The van der Waals surface area contributed by atoms with Crippen LogP contribution in [0, 0.1) is 6.92 Å². The number of amides is 1. The quantitative estimate of drug-likeness (QED) is 0.818. The summed E-state index contributed by atoms with van der Waals surface area (Å²) in [5.41, 5.74) is 2.38. The highest BCUT2D eigenvalue weighted by Crippen LogP contribution is 2.22. The Kier molecular flexibility index (Phi) is 4.52. The van der Waals surface area contributed by atoms with Crippen LogP contribution >= 0.6 is 0 Å². The van der Waals surface area contributed by atoms with Crippen molar-refractivity contribution in [2.45, 2.75) is 32.6 Å². The van der Waals surface area contributed by atoms with Gasteiger partial charge in [0.15, 0.2) is 0 Å². The van der Waals surface area contributed by atoms with Crippen LogP contribution in [-0.4, -0.2) is 31.6 Å². The molecule has 0 aliphatic heterocycles. The summed E-state index contributed by atoms with van der Waals surface area (Å²) in [5.74, 6) is 0.242. The van der Waals surface area contributed by atoms with Gasteiger partial charge in [-0.2, -0.15) is 0 Å². The zero-order valence-corrected chi connectivity index (χ0v) is 14.6. The summed E-state index contributed by atoms with van der Waals surface area (Å²) in [4.78, 5) is 44.9. The van der Waals surface area contributed by atoms with E-state index >= 15 is 0 Å². The second kappa shape index (κ2) is 6.62. The van der Waals surface area contributed by atoms with Crippen LogP contribution in [0.4, 0.5) is 0 Å². The number of carbonyl (C=O) groups is 1. The lowest BCUT2D eigenvalue weighted by Crippen LogP contribution is -2.41. The fraction of sp³-hybridized carbons (Fsp3) is 0.471. The molecule has 8 heteroatoms. The minimum Gasteiger partial charge on any atom is -0.350 e. The molecule has 2 aromatic rings. The molecule has 1 aliphatic carbocycles. The largest absolute Gasteiger partial charge is 0.350 e. The van der Waals surface area contributed by atoms with Gasteiger partial charge in [-0.3, -0.25) is 18.7 Å². The van der Waals surface area contributed by atoms with E-state index in [0.717, 1.165) is 45.9 Å². The Morgan fingerprint density at radius 2 is 1.96 bits per heavy atom. The zero-order valence-electron chi connectivity index (χ0n) is 14.6. The van der Waals surface area contributed by atoms with Gasteiger partial charge < -0.3 is 5.32 Å². The van der Waals surface area contributed by atoms with E-state index in [1.807, 2.05) is 6.92 Å². The maximum absolute atomic E-state index is 12.3. The van der Waals surface area contributed by atoms with Crippen LogP contribution in [0.2, 0.25) is 0 Å². The van der Waals surface area contributed by atoms with Crippen molar-refractivity contribution in [1.29, 1.82) is 0 Å². The fourth-order valence-electron chi connectivity index (χ4n) is 3.12. The third-order valence-electron chi connectivity index (χ3n) is 4.58. The molecule has 1 aliphatic rings. The molecule has 0 bridgehead atoms. The Labute approximate surface area is 144 Å². The van der Waals surface area contributed by atoms with Crippen molar-refractivity contribution < 1.29 is 4.79 Å². The molecule has 2 heterocycles. The lowest BCUT2D eigenvalue weighted by molar-refractivity contribution is 0.0943. The van der Waals surface area contributed by atoms with Gasteiger partial charge in [0.05, 0.1) is 0 Å². The number of nitrogens with one attached hydrogen (secondary N) is 1. The number of carbonyl (C=O) groups excluding carboxylic acids is 1. The van der Waals surface area contributed by atoms with Gasteiger partial charge in [0.1, 0.15) is 11.5 Å². The summed E-state index contributed by atoms with van der Waals surface area (Å²) in [6.45, 7) is 2.32. The smallest absolute Gasteiger partial charge is 0.331 e. The average Bonchev–Trinajstić information content (AvgIpc) is 3.05. The molecule has 0 saturated heterocycles. The standard InChI is InChI=1S/C17H21N5O3/c1-10-11-5-4-6-12(11)20-14(19-10)7-8-18-16(24)13-9-15(23)22(3)17(25)21(13)2/h9H,4-8H2,1-3H3,(H,18,24). The Hall–Kier alpha value is -2.77. The lowest BCUT2D eigenvalue weighted by Gasteiger charge is -2.10. The highest BCUT2D eigenvalue weighted by atomic mass is 16.2. The van der Waals surface area contributed by atoms with E-state index in [1.54, 1.807) is 0 Å². The highest BCUT2D eigenvalue weighted by Gasteiger charge is 2.17. The first kappa shape index (κ1) is 17.1. The highest BCUT2D eigenvalue weighted by molar-refractivity contribution is 5.92. The van der Waals surface area contributed by atoms with Gasteiger partial charge >= 0.3 is 5.69 Å². The predicted octanol–water partition coefficient (Wildman–Crippen LogP) is -0.356. The third kappa shape index (κ3) is 3.24. The van der Waals surface area contributed by atoms with Crippen LogP contribution in [0.3, 0.4) is 0 Å². The number of hydrogen-bond acceptors (Lipinski definition) is 5. The predicted molar refractivity (Wildman–Crippen MR) is 91.8 cm³/mol. The van der Waals surface area contributed by atoms with Crippen molar-refractivity contribution in [2.75, 3.05) is 6.54 Å². The minimum atomic E-state index is -0.532. The molecular formula is C17H21N5O3. The number of nitrogens with zero attached hydrogens (tertiary/aromatic N) is 4. The van der Waals surface area contributed by atoms with Gasteiger partial charge in [0.2, 0.25) is 0 Å². The number of hydrogen-bond donors (Lipinski definition) is 1. The molecule has 25 heavy (non-hydrogen) atoms. The monoisotopic (exact) mass is 343 g/mol. The molecule has 0 atom stereocenters. The van der Waals surface area contributed by atoms with Crippen LogP contribution < -0.4 is 16.6 Å². The summed E-state index contributed by atoms with van der Waals surface area (Å²) in [6, 6.07) is 1.16. The topological polar surface area (TPSA) is 98.9 Å². The normalized spacial score (nSPS) is 12.9. The van der Waals surface area contributed by atoms with Crippen molar-refractivity contribution in [3.05, 3.63) is 55.4 Å². The van der Waals surface area contributed by atoms with Crippen LogP contribution in [0.5, 0.6) is 0 Å². The van der Waals surface area contributed by atoms with Crippen molar-refractivity contribution in [2.24, 2.45) is 14.1 Å². The molecule has 8 nitrogen and oxygen atoms in total. The molecule has 0 radical (unpaired) electrons. The van der Waals surface area contributed by atoms with Gasteiger partial charge in [-0.25, -0.2) is 14.8 Å². The van der Waals surface area contributed by atoms with Gasteiger partial charge in [-0.15, -0.1) is 0 Å². The van der Waals surface area contributed by atoms with Crippen LogP contribution in [0.1, 0.15) is 39.7 Å². The Morgan fingerprint density at radius 3 is 2.72 bits per heavy atom. The Morgan fingerprint density at radius 1 is 1.20 bits per heavy atom. The van der Waals surface area contributed by atoms with Crippen LogP contribution in [0.25, 0.3) is 0 Å². The molecule has 0 spiro atoms. The number of aromatic nitrogens is 4. The summed E-state index contributed by atoms with van der Waals surface area (Å²) < 4.78 is 2.12. The van der Waals surface area contributed by atoms with Crippen molar-refractivity contribution >= 4 is 5.91 Å². The summed E-state index contributed by atoms with van der Waals surface area (Å²) in [6.07, 6.45) is 3.63. The lowest BCUT2D eigenvalue weighted by atomic mass is 10.2. The average molecular weight is 343 g/mol. The molecule has 0 fully saturated rings. The molecule has 1 amide bonds. The maximum atomic E-state index is 12.3. The van der Waals surface area contributed by atoms with E-state index in [4.69, 9.17) is 0 Å². The molecule has 0 unspecified atom stereocenters. The first-order chi connectivity index (χ1) is 11.9.